The summed E-state index contributed by atoms with van der Waals surface area (Å²) in [5, 5.41) is 26.9. The molecule has 0 unspecified atom stereocenters. The van der Waals surface area contributed by atoms with Gasteiger partial charge in [-0.05, 0) is 48.4 Å². The number of halogens is 1. The van der Waals surface area contributed by atoms with Crippen LogP contribution in [0.3, 0.4) is 0 Å². The molecule has 0 aromatic heterocycles. The van der Waals surface area contributed by atoms with Crippen molar-refractivity contribution in [1.82, 2.24) is 25.3 Å². The molecule has 0 radical (unpaired) electrons. The van der Waals surface area contributed by atoms with Crippen LogP contribution >= 0.6 is 0 Å². The van der Waals surface area contributed by atoms with Crippen molar-refractivity contribution in [2.24, 2.45) is 0 Å². The van der Waals surface area contributed by atoms with Gasteiger partial charge in [-0.1, -0.05) is 12.1 Å². The lowest BCUT2D eigenvalue weighted by Gasteiger charge is -2.42. The summed E-state index contributed by atoms with van der Waals surface area (Å²) >= 11 is 0. The number of carbonyl (C=O) groups is 4. The second-order valence-corrected chi connectivity index (χ2v) is 14.8. The van der Waals surface area contributed by atoms with Crippen molar-refractivity contribution in [2.45, 2.75) is 66.8 Å². The number of likely N-dealkylation sites (tertiary alicyclic amines) is 1. The van der Waals surface area contributed by atoms with Gasteiger partial charge in [-0.25, -0.2) is 12.8 Å². The van der Waals surface area contributed by atoms with Gasteiger partial charge in [0.15, 0.2) is 9.84 Å². The van der Waals surface area contributed by atoms with Crippen LogP contribution < -0.4 is 10.6 Å². The van der Waals surface area contributed by atoms with Crippen LogP contribution in [0, 0.1) is 5.82 Å². The van der Waals surface area contributed by atoms with Gasteiger partial charge in [-0.15, -0.1) is 0 Å². The topological polar surface area (TPSA) is 186 Å². The summed E-state index contributed by atoms with van der Waals surface area (Å²) in [6.07, 6.45) is -3.77. The molecule has 4 N–H and O–H groups in total. The van der Waals surface area contributed by atoms with E-state index in [1.807, 2.05) is 4.90 Å². The van der Waals surface area contributed by atoms with Gasteiger partial charge in [-0.3, -0.25) is 24.1 Å². The molecule has 16 heteroatoms. The van der Waals surface area contributed by atoms with Crippen LogP contribution in [0.15, 0.2) is 53.4 Å². The van der Waals surface area contributed by atoms with Crippen LogP contribution in [0.2, 0.25) is 0 Å². The number of rotatable bonds is 4. The normalized spacial score (nSPS) is 30.2. The van der Waals surface area contributed by atoms with Gasteiger partial charge in [0.05, 0.1) is 30.0 Å². The molecule has 2 aromatic carbocycles. The first-order valence-corrected chi connectivity index (χ1v) is 17.6. The number of nitrogens with zero attached hydrogens (tertiary/aromatic N) is 3. The molecule has 4 amide bonds. The molecular formula is C32H38FN5O9S. The lowest BCUT2D eigenvalue weighted by Crippen LogP contribution is -2.63. The second kappa shape index (κ2) is 13.5. The monoisotopic (exact) mass is 687 g/mol. The molecule has 4 saturated heterocycles. The smallest absolute Gasteiger partial charge is 0.254 e. The largest absolute Gasteiger partial charge is 0.388 e. The van der Waals surface area contributed by atoms with Gasteiger partial charge < -0.3 is 35.4 Å². The second-order valence-electron chi connectivity index (χ2n) is 12.8. The van der Waals surface area contributed by atoms with E-state index in [0.29, 0.717) is 0 Å². The number of aliphatic hydroxyl groups is 2. The fourth-order valence-corrected chi connectivity index (χ4v) is 7.52. The van der Waals surface area contributed by atoms with Crippen LogP contribution in [-0.4, -0.2) is 138 Å². The molecule has 4 aliphatic heterocycles. The Morgan fingerprint density at radius 2 is 1.65 bits per heavy atom. The van der Waals surface area contributed by atoms with E-state index in [1.54, 1.807) is 12.1 Å². The summed E-state index contributed by atoms with van der Waals surface area (Å²) in [6.45, 7) is 0.276. The Balaban J connectivity index is 1.29. The molecule has 258 valence electrons. The predicted octanol–water partition coefficient (Wildman–Crippen LogP) is -1.35. The minimum Gasteiger partial charge on any atom is -0.388 e. The van der Waals surface area contributed by atoms with Crippen molar-refractivity contribution in [1.29, 1.82) is 0 Å². The van der Waals surface area contributed by atoms with Crippen LogP contribution in [0.5, 0.6) is 0 Å². The summed E-state index contributed by atoms with van der Waals surface area (Å²) in [7, 11) is -3.41. The SMILES string of the molecule is CS(=O)(=O)c1ccc(CN2C[C@@H]3C[C@H]2C(=O)N2CCN(C(=O)c4ccc(F)cc4)[C@@H](C2)C(=O)NC[C@H]2O[C@@H](CC(=O)N3)[C@H](O)[C@@H]2O)cc1. The van der Waals surface area contributed by atoms with Crippen molar-refractivity contribution >= 4 is 33.5 Å². The Kier molecular flexibility index (Phi) is 9.55. The average Bonchev–Trinajstić information content (AvgIpc) is 3.57. The maximum Gasteiger partial charge on any atom is 0.254 e. The number of ether oxygens (including phenoxy) is 1. The Morgan fingerprint density at radius 1 is 0.958 bits per heavy atom. The third-order valence-electron chi connectivity index (χ3n) is 9.46. The van der Waals surface area contributed by atoms with E-state index in [9.17, 15) is 42.2 Å². The van der Waals surface area contributed by atoms with Crippen molar-refractivity contribution in [3.8, 4) is 0 Å². The lowest BCUT2D eigenvalue weighted by molar-refractivity contribution is -0.141. The Morgan fingerprint density at radius 3 is 2.33 bits per heavy atom. The molecule has 48 heavy (non-hydrogen) atoms. The molecular weight excluding hydrogens is 649 g/mol. The number of piperazine rings is 1. The van der Waals surface area contributed by atoms with Crippen LogP contribution in [0.1, 0.15) is 28.8 Å². The zero-order valence-electron chi connectivity index (χ0n) is 26.2. The molecule has 4 fully saturated rings. The van der Waals surface area contributed by atoms with E-state index in [2.05, 4.69) is 10.6 Å². The number of benzene rings is 2. The zero-order valence-corrected chi connectivity index (χ0v) is 27.0. The van der Waals surface area contributed by atoms with Crippen molar-refractivity contribution in [3.63, 3.8) is 0 Å². The summed E-state index contributed by atoms with van der Waals surface area (Å²) in [4.78, 5) is 59.4. The fraction of sp³-hybridized carbons (Fsp3) is 0.500. The van der Waals surface area contributed by atoms with Gasteiger partial charge in [-0.2, -0.15) is 0 Å². The van der Waals surface area contributed by atoms with E-state index >= 15 is 0 Å². The van der Waals surface area contributed by atoms with Gasteiger partial charge in [0.25, 0.3) is 5.91 Å². The zero-order chi connectivity index (χ0) is 34.3. The maximum absolute atomic E-state index is 14.2. The molecule has 14 nitrogen and oxygen atoms in total. The van der Waals surface area contributed by atoms with E-state index in [-0.39, 0.29) is 68.5 Å². The average molecular weight is 688 g/mol. The number of hydrogen-bond acceptors (Lipinski definition) is 10. The van der Waals surface area contributed by atoms with Crippen LogP contribution in [0.4, 0.5) is 4.39 Å². The number of hydrogen-bond donors (Lipinski definition) is 4. The highest BCUT2D eigenvalue weighted by atomic mass is 32.2. The summed E-state index contributed by atoms with van der Waals surface area (Å²) in [6, 6.07) is 8.92. The number of sulfone groups is 1. The fourth-order valence-electron chi connectivity index (χ4n) is 6.89. The third-order valence-corrected chi connectivity index (χ3v) is 10.6. The summed E-state index contributed by atoms with van der Waals surface area (Å²) < 4.78 is 43.3. The number of carbonyl (C=O) groups excluding carboxylic acids is 4. The summed E-state index contributed by atoms with van der Waals surface area (Å²) in [5.74, 6) is -2.40. The van der Waals surface area contributed by atoms with E-state index in [4.69, 9.17) is 4.74 Å². The predicted molar refractivity (Wildman–Crippen MR) is 166 cm³/mol. The molecule has 0 spiro atoms. The molecule has 0 saturated carbocycles. The van der Waals surface area contributed by atoms with Gasteiger partial charge >= 0.3 is 0 Å². The number of aliphatic hydroxyl groups excluding tert-OH is 2. The summed E-state index contributed by atoms with van der Waals surface area (Å²) in [5.41, 5.74) is 0.909. The molecule has 2 aromatic rings. The minimum absolute atomic E-state index is 0.00319. The van der Waals surface area contributed by atoms with Crippen LogP contribution in [0.25, 0.3) is 0 Å². The quantitative estimate of drug-likeness (QED) is 0.300. The maximum atomic E-state index is 14.2. The molecule has 6 bridgehead atoms. The highest BCUT2D eigenvalue weighted by Gasteiger charge is 2.47. The van der Waals surface area contributed by atoms with Crippen molar-refractivity contribution in [3.05, 3.63) is 65.5 Å². The molecule has 0 aliphatic carbocycles. The molecule has 7 atom stereocenters. The van der Waals surface area contributed by atoms with E-state index in [0.717, 1.165) is 24.0 Å². The van der Waals surface area contributed by atoms with E-state index < -0.39 is 75.9 Å². The lowest BCUT2D eigenvalue weighted by atomic mass is 10.0. The Bertz CT molecular complexity index is 1680. The number of fused-ring (bicyclic) bond motifs is 6. The molecule has 4 aliphatic rings. The molecule has 6 rings (SSSR count). The minimum atomic E-state index is -3.41. The number of amides is 4. The highest BCUT2D eigenvalue weighted by molar-refractivity contribution is 7.90. The van der Waals surface area contributed by atoms with E-state index in [1.165, 1.54) is 34.1 Å². The van der Waals surface area contributed by atoms with Crippen LogP contribution in [-0.2, 0) is 35.5 Å². The van der Waals surface area contributed by atoms with Gasteiger partial charge in [0, 0.05) is 50.6 Å². The number of nitrogens with one attached hydrogen (secondary N) is 2. The standard InChI is InChI=1S/C32H38FN5O9S/c1-48(45,46)22-8-2-18(3-9-22)15-37-16-21-12-23(37)32(44)36-10-11-38(31(43)19-4-6-20(33)7-5-19)24(17-36)30(42)34-14-26-29(41)28(40)25(47-26)13-27(39)35-21/h2-9,21,23-26,28-29,40-41H,10-17H2,1H3,(H,34,42)(H,35,39)/t21-,23-,24-,25-,26+,28-,29+/m0/s1. The van der Waals surface area contributed by atoms with Crippen molar-refractivity contribution in [2.75, 3.05) is 39.0 Å². The first-order chi connectivity index (χ1) is 22.8. The van der Waals surface area contributed by atoms with Gasteiger partial charge in [0.2, 0.25) is 17.7 Å². The van der Waals surface area contributed by atoms with Crippen molar-refractivity contribution < 1.29 is 46.9 Å². The van der Waals surface area contributed by atoms with Gasteiger partial charge in [0.1, 0.15) is 30.2 Å². The first-order valence-electron chi connectivity index (χ1n) is 15.8. The highest BCUT2D eigenvalue weighted by Crippen LogP contribution is 2.28. The third kappa shape index (κ3) is 7.08. The first kappa shape index (κ1) is 33.9. The Labute approximate surface area is 276 Å². The molecule has 4 heterocycles. The Hall–Kier alpha value is -3.96.